The van der Waals surface area contributed by atoms with Crippen molar-refractivity contribution < 1.29 is 27.4 Å². The Balaban J connectivity index is 1.65. The standard InChI is InChI=1S/C18H17F3N2O3/c1-17(22,15-10-12-4-2-3-5-14(12)25-15)23-16(24)11-6-8-13(9-7-11)26-18(19,20)21/h2-9,15H,10,22H2,1H3,(H,23,24). The Hall–Kier alpha value is -2.74. The van der Waals surface area contributed by atoms with E-state index in [1.54, 1.807) is 6.92 Å². The van der Waals surface area contributed by atoms with Crippen molar-refractivity contribution in [2.75, 3.05) is 0 Å². The van der Waals surface area contributed by atoms with E-state index in [1.165, 1.54) is 12.1 Å². The molecule has 0 saturated heterocycles. The minimum absolute atomic E-state index is 0.159. The summed E-state index contributed by atoms with van der Waals surface area (Å²) in [6.45, 7) is 1.63. The average Bonchev–Trinajstić information content (AvgIpc) is 2.98. The molecule has 1 amide bonds. The topological polar surface area (TPSA) is 73.6 Å². The fourth-order valence-corrected chi connectivity index (χ4v) is 2.72. The molecule has 0 saturated carbocycles. The summed E-state index contributed by atoms with van der Waals surface area (Å²) in [4.78, 5) is 12.4. The molecule has 3 rings (SSSR count). The molecule has 0 radical (unpaired) electrons. The maximum Gasteiger partial charge on any atom is 0.573 e. The van der Waals surface area contributed by atoms with E-state index in [9.17, 15) is 18.0 Å². The van der Waals surface area contributed by atoms with Gasteiger partial charge in [-0.05, 0) is 42.8 Å². The maximum absolute atomic E-state index is 12.4. The fraction of sp³-hybridized carbons (Fsp3) is 0.278. The summed E-state index contributed by atoms with van der Waals surface area (Å²) < 4.78 is 46.1. The van der Waals surface area contributed by atoms with Crippen molar-refractivity contribution in [1.82, 2.24) is 5.32 Å². The zero-order valence-electron chi connectivity index (χ0n) is 13.8. The number of rotatable bonds is 4. The van der Waals surface area contributed by atoms with Crippen LogP contribution in [-0.2, 0) is 6.42 Å². The lowest BCUT2D eigenvalue weighted by atomic mass is 10.00. The van der Waals surface area contributed by atoms with Crippen molar-refractivity contribution in [2.45, 2.75) is 31.5 Å². The number of carbonyl (C=O) groups excluding carboxylic acids is 1. The van der Waals surface area contributed by atoms with Crippen molar-refractivity contribution in [2.24, 2.45) is 5.73 Å². The molecule has 2 aromatic rings. The summed E-state index contributed by atoms with van der Waals surface area (Å²) in [5.74, 6) is -0.204. The van der Waals surface area contributed by atoms with Gasteiger partial charge in [0.05, 0.1) is 0 Å². The smallest absolute Gasteiger partial charge is 0.486 e. The van der Waals surface area contributed by atoms with E-state index in [4.69, 9.17) is 10.5 Å². The molecule has 0 bridgehead atoms. The quantitative estimate of drug-likeness (QED) is 0.816. The Kier molecular flexibility index (Phi) is 4.53. The Morgan fingerprint density at radius 1 is 1.19 bits per heavy atom. The van der Waals surface area contributed by atoms with Crippen molar-refractivity contribution in [3.05, 3.63) is 59.7 Å². The van der Waals surface area contributed by atoms with E-state index in [0.29, 0.717) is 6.42 Å². The molecular weight excluding hydrogens is 349 g/mol. The number of para-hydroxylation sites is 1. The van der Waals surface area contributed by atoms with Crippen LogP contribution in [0.1, 0.15) is 22.8 Å². The molecule has 138 valence electrons. The van der Waals surface area contributed by atoms with Crippen molar-refractivity contribution >= 4 is 5.91 Å². The molecule has 0 aromatic heterocycles. The highest BCUT2D eigenvalue weighted by Gasteiger charge is 2.38. The molecule has 0 spiro atoms. The van der Waals surface area contributed by atoms with Crippen LogP contribution in [0.2, 0.25) is 0 Å². The third kappa shape index (κ3) is 4.08. The highest BCUT2D eigenvalue weighted by atomic mass is 19.4. The van der Waals surface area contributed by atoms with Crippen LogP contribution in [-0.4, -0.2) is 24.0 Å². The van der Waals surface area contributed by atoms with Gasteiger partial charge < -0.3 is 20.5 Å². The van der Waals surface area contributed by atoms with E-state index in [0.717, 1.165) is 23.4 Å². The van der Waals surface area contributed by atoms with Gasteiger partial charge in [-0.2, -0.15) is 0 Å². The zero-order valence-corrected chi connectivity index (χ0v) is 13.8. The van der Waals surface area contributed by atoms with Crippen LogP contribution in [0.25, 0.3) is 0 Å². The summed E-state index contributed by atoms with van der Waals surface area (Å²) in [6.07, 6.45) is -4.70. The number of benzene rings is 2. The molecular formula is C18H17F3N2O3. The second-order valence-corrected chi connectivity index (χ2v) is 6.23. The van der Waals surface area contributed by atoms with E-state index < -0.39 is 29.8 Å². The van der Waals surface area contributed by atoms with E-state index in [2.05, 4.69) is 10.1 Å². The number of nitrogens with two attached hydrogens (primary N) is 1. The average molecular weight is 366 g/mol. The normalized spacial score (nSPS) is 18.4. The first-order valence-electron chi connectivity index (χ1n) is 7.86. The van der Waals surface area contributed by atoms with E-state index in [1.807, 2.05) is 24.3 Å². The monoisotopic (exact) mass is 366 g/mol. The highest BCUT2D eigenvalue weighted by Crippen LogP contribution is 2.31. The zero-order chi connectivity index (χ0) is 18.9. The third-order valence-electron chi connectivity index (χ3n) is 4.05. The van der Waals surface area contributed by atoms with Gasteiger partial charge in [0.15, 0.2) is 0 Å². The lowest BCUT2D eigenvalue weighted by Gasteiger charge is -2.31. The van der Waals surface area contributed by atoms with Gasteiger partial charge >= 0.3 is 6.36 Å². The lowest BCUT2D eigenvalue weighted by molar-refractivity contribution is -0.274. The molecule has 0 fully saturated rings. The second kappa shape index (κ2) is 6.53. The van der Waals surface area contributed by atoms with Crippen LogP contribution in [0.5, 0.6) is 11.5 Å². The van der Waals surface area contributed by atoms with E-state index >= 15 is 0 Å². The van der Waals surface area contributed by atoms with Gasteiger partial charge in [0.1, 0.15) is 23.3 Å². The number of ether oxygens (including phenoxy) is 2. The summed E-state index contributed by atoms with van der Waals surface area (Å²) in [5, 5.41) is 2.67. The highest BCUT2D eigenvalue weighted by molar-refractivity contribution is 5.94. The van der Waals surface area contributed by atoms with Gasteiger partial charge in [-0.15, -0.1) is 13.2 Å². The summed E-state index contributed by atoms with van der Waals surface area (Å²) in [6, 6.07) is 12.1. The number of halogens is 3. The van der Waals surface area contributed by atoms with Crippen LogP contribution in [0.4, 0.5) is 13.2 Å². The molecule has 1 heterocycles. The summed E-state index contributed by atoms with van der Waals surface area (Å²) in [5.41, 5.74) is 6.21. The van der Waals surface area contributed by atoms with Crippen LogP contribution in [0, 0.1) is 0 Å². The largest absolute Gasteiger partial charge is 0.573 e. The molecule has 1 aliphatic rings. The number of fused-ring (bicyclic) bond motifs is 1. The van der Waals surface area contributed by atoms with E-state index in [-0.39, 0.29) is 5.56 Å². The summed E-state index contributed by atoms with van der Waals surface area (Å²) >= 11 is 0. The number of nitrogens with one attached hydrogen (secondary N) is 1. The summed E-state index contributed by atoms with van der Waals surface area (Å²) in [7, 11) is 0. The number of hydrogen-bond acceptors (Lipinski definition) is 4. The minimum Gasteiger partial charge on any atom is -0.486 e. The van der Waals surface area contributed by atoms with Gasteiger partial charge in [0.25, 0.3) is 5.91 Å². The van der Waals surface area contributed by atoms with Crippen LogP contribution < -0.4 is 20.5 Å². The fourth-order valence-electron chi connectivity index (χ4n) is 2.72. The van der Waals surface area contributed by atoms with Gasteiger partial charge in [0, 0.05) is 12.0 Å². The Morgan fingerprint density at radius 3 is 2.46 bits per heavy atom. The Morgan fingerprint density at radius 2 is 1.85 bits per heavy atom. The molecule has 8 heteroatoms. The molecule has 2 unspecified atom stereocenters. The lowest BCUT2D eigenvalue weighted by Crippen LogP contribution is -2.62. The minimum atomic E-state index is -4.78. The number of amides is 1. The number of carbonyl (C=O) groups is 1. The molecule has 0 aliphatic carbocycles. The van der Waals surface area contributed by atoms with Crippen molar-refractivity contribution in [3.63, 3.8) is 0 Å². The molecule has 1 aliphatic heterocycles. The van der Waals surface area contributed by atoms with Crippen LogP contribution in [0.15, 0.2) is 48.5 Å². The van der Waals surface area contributed by atoms with Crippen molar-refractivity contribution in [1.29, 1.82) is 0 Å². The number of alkyl halides is 3. The van der Waals surface area contributed by atoms with Gasteiger partial charge in [-0.3, -0.25) is 4.79 Å². The predicted molar refractivity (Wildman–Crippen MR) is 87.7 cm³/mol. The predicted octanol–water partition coefficient (Wildman–Crippen LogP) is 2.99. The molecule has 5 nitrogen and oxygen atoms in total. The molecule has 3 N–H and O–H groups in total. The molecule has 2 aromatic carbocycles. The number of hydrogen-bond donors (Lipinski definition) is 2. The Bertz CT molecular complexity index is 779. The van der Waals surface area contributed by atoms with Gasteiger partial charge in [-0.25, -0.2) is 0 Å². The first-order valence-corrected chi connectivity index (χ1v) is 7.86. The third-order valence-corrected chi connectivity index (χ3v) is 4.05. The van der Waals surface area contributed by atoms with Gasteiger partial charge in [-0.1, -0.05) is 18.2 Å². The van der Waals surface area contributed by atoms with Gasteiger partial charge in [0.2, 0.25) is 0 Å². The van der Waals surface area contributed by atoms with Crippen LogP contribution in [0.3, 0.4) is 0 Å². The van der Waals surface area contributed by atoms with Crippen LogP contribution >= 0.6 is 0 Å². The first-order chi connectivity index (χ1) is 12.1. The SMILES string of the molecule is CC(N)(NC(=O)c1ccc(OC(F)(F)F)cc1)C1Cc2ccccc2O1. The maximum atomic E-state index is 12.4. The molecule has 26 heavy (non-hydrogen) atoms. The first kappa shape index (κ1) is 18.1. The second-order valence-electron chi connectivity index (χ2n) is 6.23. The van der Waals surface area contributed by atoms with Crippen molar-refractivity contribution in [3.8, 4) is 11.5 Å². The Labute approximate surface area is 147 Å². The molecule has 2 atom stereocenters.